The van der Waals surface area contributed by atoms with Gasteiger partial charge >= 0.3 is 0 Å². The largest absolute Gasteiger partial charge is 0.338 e. The minimum atomic E-state index is -3.42. The topological polar surface area (TPSA) is 96.8 Å². The molecule has 0 spiro atoms. The van der Waals surface area contributed by atoms with Crippen LogP contribution < -0.4 is 10.9 Å². The van der Waals surface area contributed by atoms with Gasteiger partial charge in [0.1, 0.15) is 5.39 Å². The molecule has 2 N–H and O–H groups in total. The second-order valence-electron chi connectivity index (χ2n) is 8.56. The van der Waals surface area contributed by atoms with E-state index in [1.807, 2.05) is 10.7 Å². The van der Waals surface area contributed by atoms with E-state index in [4.69, 9.17) is 5.10 Å². The quantitative estimate of drug-likeness (QED) is 0.668. The molecule has 29 heavy (non-hydrogen) atoms. The lowest BCUT2D eigenvalue weighted by Crippen LogP contribution is -2.27. The Morgan fingerprint density at radius 2 is 1.76 bits per heavy atom. The maximum absolute atomic E-state index is 12.6. The number of aromatic amines is 1. The lowest BCUT2D eigenvalue weighted by atomic mass is 10.2. The molecule has 7 nitrogen and oxygen atoms in total. The Hall–Kier alpha value is -2.61. The van der Waals surface area contributed by atoms with Crippen molar-refractivity contribution in [2.45, 2.75) is 62.1 Å². The van der Waals surface area contributed by atoms with Crippen LogP contribution in [0.1, 0.15) is 52.5 Å². The highest BCUT2D eigenvalue weighted by molar-refractivity contribution is 7.92. The first-order valence-corrected chi connectivity index (χ1v) is 11.4. The summed E-state index contributed by atoms with van der Waals surface area (Å²) in [5.74, 6) is 0.486. The number of H-pyrrole nitrogens is 1. The second kappa shape index (κ2) is 7.02. The van der Waals surface area contributed by atoms with Gasteiger partial charge in [0, 0.05) is 11.9 Å². The molecule has 0 amide bonds. The molecule has 0 bridgehead atoms. The average Bonchev–Trinajstić information content (AvgIpc) is 3.30. The van der Waals surface area contributed by atoms with E-state index in [9.17, 15) is 13.2 Å². The van der Waals surface area contributed by atoms with Crippen LogP contribution in [-0.2, 0) is 9.84 Å². The summed E-state index contributed by atoms with van der Waals surface area (Å²) in [7, 11) is -3.42. The number of nitrogens with zero attached hydrogens (tertiary/aromatic N) is 2. The lowest BCUT2D eigenvalue weighted by molar-refractivity contribution is 0.483. The minimum absolute atomic E-state index is 0.193. The summed E-state index contributed by atoms with van der Waals surface area (Å²) in [5.41, 5.74) is 1.30. The molecule has 1 aromatic carbocycles. The first-order chi connectivity index (χ1) is 13.7. The van der Waals surface area contributed by atoms with E-state index >= 15 is 0 Å². The van der Waals surface area contributed by atoms with Gasteiger partial charge in [-0.15, -0.1) is 0 Å². The van der Waals surface area contributed by atoms with Crippen molar-refractivity contribution in [3.8, 4) is 0 Å². The SMILES string of the molecule is CC(C)(C)S(=O)(=O)c1ccc(Nc2nn(C3CCCC3)c3cc[nH]c(=O)c23)cc1. The predicted molar refractivity (Wildman–Crippen MR) is 115 cm³/mol. The molecule has 0 aliphatic heterocycles. The van der Waals surface area contributed by atoms with Crippen molar-refractivity contribution in [3.63, 3.8) is 0 Å². The van der Waals surface area contributed by atoms with Crippen LogP contribution in [0, 0.1) is 0 Å². The van der Waals surface area contributed by atoms with Crippen LogP contribution in [0.15, 0.2) is 46.2 Å². The first-order valence-electron chi connectivity index (χ1n) is 9.90. The fourth-order valence-electron chi connectivity index (χ4n) is 3.82. The molecule has 0 unspecified atom stereocenters. The van der Waals surface area contributed by atoms with Gasteiger partial charge in [-0.2, -0.15) is 5.10 Å². The van der Waals surface area contributed by atoms with E-state index in [2.05, 4.69) is 10.3 Å². The zero-order valence-corrected chi connectivity index (χ0v) is 17.7. The van der Waals surface area contributed by atoms with Crippen LogP contribution >= 0.6 is 0 Å². The van der Waals surface area contributed by atoms with Crippen LogP contribution in [0.4, 0.5) is 11.5 Å². The molecule has 0 saturated heterocycles. The van der Waals surface area contributed by atoms with Crippen LogP contribution in [0.2, 0.25) is 0 Å². The molecule has 1 fully saturated rings. The summed E-state index contributed by atoms with van der Waals surface area (Å²) in [6.07, 6.45) is 6.10. The Morgan fingerprint density at radius 1 is 1.10 bits per heavy atom. The lowest BCUT2D eigenvalue weighted by Gasteiger charge is -2.19. The average molecular weight is 415 g/mol. The fraction of sp³-hybridized carbons (Fsp3) is 0.429. The predicted octanol–water partition coefficient (Wildman–Crippen LogP) is 4.16. The van der Waals surface area contributed by atoms with Crippen molar-refractivity contribution < 1.29 is 8.42 Å². The molecule has 0 radical (unpaired) electrons. The van der Waals surface area contributed by atoms with Gasteiger partial charge in [0.15, 0.2) is 15.7 Å². The van der Waals surface area contributed by atoms with Gasteiger partial charge in [0.2, 0.25) is 0 Å². The maximum Gasteiger partial charge on any atom is 0.261 e. The summed E-state index contributed by atoms with van der Waals surface area (Å²) in [6, 6.07) is 8.76. The fourth-order valence-corrected chi connectivity index (χ4v) is 5.02. The van der Waals surface area contributed by atoms with Crippen LogP contribution in [0.25, 0.3) is 10.9 Å². The summed E-state index contributed by atoms with van der Waals surface area (Å²) in [6.45, 7) is 5.05. The Kier molecular flexibility index (Phi) is 4.77. The molecule has 1 aliphatic carbocycles. The summed E-state index contributed by atoms with van der Waals surface area (Å²) >= 11 is 0. The van der Waals surface area contributed by atoms with Crippen molar-refractivity contribution in [1.29, 1.82) is 0 Å². The molecule has 2 aromatic heterocycles. The van der Waals surface area contributed by atoms with Gasteiger partial charge in [0.25, 0.3) is 5.56 Å². The molecule has 3 aromatic rings. The Balaban J connectivity index is 1.71. The zero-order valence-electron chi connectivity index (χ0n) is 16.9. The third-order valence-electron chi connectivity index (χ3n) is 5.53. The Bertz CT molecular complexity index is 1200. The number of hydrogen-bond donors (Lipinski definition) is 2. The standard InChI is InChI=1S/C21H26N4O3S/c1-21(2,3)29(27,28)16-10-8-14(9-11-16)23-19-18-17(12-13-22-20(18)26)25(24-19)15-6-4-5-7-15/h8-13,15H,4-7H2,1-3H3,(H,22,26)(H,23,24). The molecule has 154 valence electrons. The van der Waals surface area contributed by atoms with Crippen LogP contribution in [0.3, 0.4) is 0 Å². The van der Waals surface area contributed by atoms with Gasteiger partial charge < -0.3 is 10.3 Å². The molecular weight excluding hydrogens is 388 g/mol. The van der Waals surface area contributed by atoms with Gasteiger partial charge in [-0.05, 0) is 63.9 Å². The number of fused-ring (bicyclic) bond motifs is 1. The third kappa shape index (κ3) is 3.46. The number of anilines is 2. The number of pyridine rings is 1. The van der Waals surface area contributed by atoms with Gasteiger partial charge in [-0.25, -0.2) is 8.42 Å². The number of aromatic nitrogens is 3. The normalized spacial score (nSPS) is 15.8. The van der Waals surface area contributed by atoms with Gasteiger partial charge in [-0.1, -0.05) is 12.8 Å². The van der Waals surface area contributed by atoms with Gasteiger partial charge in [0.05, 0.1) is 21.2 Å². The van der Waals surface area contributed by atoms with Crippen molar-refractivity contribution in [2.75, 3.05) is 5.32 Å². The molecule has 8 heteroatoms. The van der Waals surface area contributed by atoms with E-state index in [-0.39, 0.29) is 10.5 Å². The Morgan fingerprint density at radius 3 is 2.38 bits per heavy atom. The number of benzene rings is 1. The van der Waals surface area contributed by atoms with E-state index in [1.54, 1.807) is 51.2 Å². The minimum Gasteiger partial charge on any atom is -0.338 e. The summed E-state index contributed by atoms with van der Waals surface area (Å²) in [4.78, 5) is 15.5. The molecule has 1 aliphatic rings. The second-order valence-corrected chi connectivity index (χ2v) is 11.3. The zero-order chi connectivity index (χ0) is 20.8. The smallest absolute Gasteiger partial charge is 0.261 e. The van der Waals surface area contributed by atoms with Crippen LogP contribution in [0.5, 0.6) is 0 Å². The van der Waals surface area contributed by atoms with E-state index in [0.717, 1.165) is 18.4 Å². The first kappa shape index (κ1) is 19.7. The number of sulfone groups is 1. The molecule has 0 atom stereocenters. The molecule has 1 saturated carbocycles. The highest BCUT2D eigenvalue weighted by atomic mass is 32.2. The third-order valence-corrected chi connectivity index (χ3v) is 8.04. The highest BCUT2D eigenvalue weighted by Gasteiger charge is 2.30. The van der Waals surface area contributed by atoms with E-state index in [1.165, 1.54) is 12.8 Å². The summed E-state index contributed by atoms with van der Waals surface area (Å²) in [5, 5.41) is 8.43. The van der Waals surface area contributed by atoms with Crippen molar-refractivity contribution in [2.24, 2.45) is 0 Å². The van der Waals surface area contributed by atoms with Gasteiger partial charge in [-0.3, -0.25) is 9.48 Å². The molecule has 2 heterocycles. The van der Waals surface area contributed by atoms with Crippen molar-refractivity contribution >= 4 is 32.2 Å². The maximum atomic E-state index is 12.6. The molecule has 4 rings (SSSR count). The Labute approximate surface area is 170 Å². The van der Waals surface area contributed by atoms with Crippen molar-refractivity contribution in [3.05, 3.63) is 46.9 Å². The number of rotatable bonds is 4. The summed E-state index contributed by atoms with van der Waals surface area (Å²) < 4.78 is 26.3. The van der Waals surface area contributed by atoms with Crippen molar-refractivity contribution in [1.82, 2.24) is 14.8 Å². The highest BCUT2D eigenvalue weighted by Crippen LogP contribution is 2.34. The number of nitrogens with one attached hydrogen (secondary N) is 2. The molecular formula is C21H26N4O3S. The van der Waals surface area contributed by atoms with Crippen LogP contribution in [-0.4, -0.2) is 27.9 Å². The monoisotopic (exact) mass is 414 g/mol. The van der Waals surface area contributed by atoms with E-state index in [0.29, 0.717) is 22.9 Å². The van der Waals surface area contributed by atoms with E-state index < -0.39 is 14.6 Å². The number of hydrogen-bond acceptors (Lipinski definition) is 5.